The first-order valence-electron chi connectivity index (χ1n) is 12.1. The Bertz CT molecular complexity index is 814. The van der Waals surface area contributed by atoms with Gasteiger partial charge in [-0.2, -0.15) is 4.31 Å². The third kappa shape index (κ3) is 7.30. The van der Waals surface area contributed by atoms with Crippen molar-refractivity contribution in [2.45, 2.75) is 94.6 Å². The van der Waals surface area contributed by atoms with Crippen LogP contribution >= 0.6 is 0 Å². The van der Waals surface area contributed by atoms with Crippen molar-refractivity contribution in [2.75, 3.05) is 13.2 Å². The molecule has 0 bridgehead atoms. The molecule has 1 saturated carbocycles. The molecule has 31 heavy (non-hydrogen) atoms. The number of hydrogen-bond donors (Lipinski definition) is 0. The minimum atomic E-state index is -3.60. The monoisotopic (exact) mass is 445 g/mol. The summed E-state index contributed by atoms with van der Waals surface area (Å²) in [7, 11) is -3.60. The van der Waals surface area contributed by atoms with Crippen LogP contribution < -0.4 is 0 Å². The zero-order valence-electron chi connectivity index (χ0n) is 19.0. The second-order valence-corrected chi connectivity index (χ2v) is 10.8. The standard InChI is InChI=1S/C26H39NO3S/c1-23-17-19-24(20-18-23)31(28,29)27-21-13-9-7-5-3-2-4-6-8-10-14-22-30-26-16-12-11-15-25(26)27/h5,7,9,13,17-20,25-26H,2-4,6,8,10-12,14-16,21-22H2,1H3/b7-5+,13-9+/t25-,26-/m1/s1. The Labute approximate surface area is 189 Å². The van der Waals surface area contributed by atoms with Crippen molar-refractivity contribution in [2.24, 2.45) is 0 Å². The van der Waals surface area contributed by atoms with Gasteiger partial charge in [-0.1, -0.05) is 80.5 Å². The van der Waals surface area contributed by atoms with Crippen LogP contribution in [0.5, 0.6) is 0 Å². The Balaban J connectivity index is 1.85. The molecule has 0 spiro atoms. The number of benzene rings is 1. The molecule has 1 aromatic carbocycles. The van der Waals surface area contributed by atoms with Gasteiger partial charge in [-0.05, 0) is 51.2 Å². The van der Waals surface area contributed by atoms with Crippen molar-refractivity contribution in [3.63, 3.8) is 0 Å². The number of hydrogen-bond acceptors (Lipinski definition) is 3. The molecule has 2 atom stereocenters. The summed E-state index contributed by atoms with van der Waals surface area (Å²) in [6.07, 6.45) is 20.6. The van der Waals surface area contributed by atoms with Gasteiger partial charge in [-0.25, -0.2) is 8.42 Å². The van der Waals surface area contributed by atoms with Gasteiger partial charge in [0.2, 0.25) is 10.0 Å². The second kappa shape index (κ2) is 12.6. The molecule has 4 nitrogen and oxygen atoms in total. The van der Waals surface area contributed by atoms with Crippen molar-refractivity contribution >= 4 is 10.0 Å². The van der Waals surface area contributed by atoms with Crippen LogP contribution in [0, 0.1) is 6.92 Å². The zero-order chi connectivity index (χ0) is 21.9. The van der Waals surface area contributed by atoms with Crippen LogP contribution in [0.3, 0.4) is 0 Å². The van der Waals surface area contributed by atoms with E-state index >= 15 is 0 Å². The van der Waals surface area contributed by atoms with E-state index in [-0.39, 0.29) is 12.1 Å². The Morgan fingerprint density at radius 1 is 0.839 bits per heavy atom. The van der Waals surface area contributed by atoms with Crippen LogP contribution in [0.25, 0.3) is 0 Å². The van der Waals surface area contributed by atoms with Gasteiger partial charge in [-0.3, -0.25) is 0 Å². The van der Waals surface area contributed by atoms with E-state index in [1.807, 2.05) is 31.2 Å². The number of rotatable bonds is 2. The highest BCUT2D eigenvalue weighted by molar-refractivity contribution is 7.89. The fourth-order valence-electron chi connectivity index (χ4n) is 4.58. The minimum absolute atomic E-state index is 0.0198. The molecule has 5 heteroatoms. The van der Waals surface area contributed by atoms with E-state index in [1.165, 1.54) is 32.1 Å². The predicted octanol–water partition coefficient (Wildman–Crippen LogP) is 6.17. The Kier molecular flexibility index (Phi) is 9.82. The minimum Gasteiger partial charge on any atom is -0.377 e. The molecule has 0 radical (unpaired) electrons. The molecule has 1 fully saturated rings. The van der Waals surface area contributed by atoms with E-state index < -0.39 is 10.0 Å². The third-order valence-corrected chi connectivity index (χ3v) is 8.34. The number of nitrogens with zero attached hydrogens (tertiary/aromatic N) is 1. The summed E-state index contributed by atoms with van der Waals surface area (Å²) in [6.45, 7) is 3.09. The van der Waals surface area contributed by atoms with Gasteiger partial charge in [0.25, 0.3) is 0 Å². The molecule has 0 amide bonds. The molecule has 3 rings (SSSR count). The molecule has 1 heterocycles. The molecule has 2 aliphatic rings. The lowest BCUT2D eigenvalue weighted by Gasteiger charge is -2.38. The maximum atomic E-state index is 13.7. The van der Waals surface area contributed by atoms with Crippen molar-refractivity contribution in [3.05, 3.63) is 54.1 Å². The first-order valence-corrected chi connectivity index (χ1v) is 13.5. The third-order valence-electron chi connectivity index (χ3n) is 6.43. The first kappa shape index (κ1) is 24.2. The summed E-state index contributed by atoms with van der Waals surface area (Å²) in [6, 6.07) is 7.11. The average Bonchev–Trinajstić information content (AvgIpc) is 2.77. The molecular weight excluding hydrogens is 406 g/mol. The van der Waals surface area contributed by atoms with Crippen LogP contribution in [-0.4, -0.2) is 38.0 Å². The Morgan fingerprint density at radius 3 is 2.32 bits per heavy atom. The van der Waals surface area contributed by atoms with Crippen molar-refractivity contribution in [3.8, 4) is 0 Å². The van der Waals surface area contributed by atoms with Gasteiger partial charge in [-0.15, -0.1) is 0 Å². The molecule has 0 aromatic heterocycles. The van der Waals surface area contributed by atoms with Gasteiger partial charge in [0, 0.05) is 13.2 Å². The lowest BCUT2D eigenvalue weighted by molar-refractivity contribution is -0.0150. The number of allylic oxidation sites excluding steroid dienone is 3. The lowest BCUT2D eigenvalue weighted by atomic mass is 9.92. The fourth-order valence-corrected chi connectivity index (χ4v) is 6.21. The second-order valence-electron chi connectivity index (χ2n) is 8.92. The smallest absolute Gasteiger partial charge is 0.243 e. The topological polar surface area (TPSA) is 46.6 Å². The van der Waals surface area contributed by atoms with E-state index in [0.29, 0.717) is 11.4 Å². The van der Waals surface area contributed by atoms with Gasteiger partial charge in [0.05, 0.1) is 17.0 Å². The van der Waals surface area contributed by atoms with Crippen LogP contribution in [0.4, 0.5) is 0 Å². The summed E-state index contributed by atoms with van der Waals surface area (Å²) in [5.41, 5.74) is 1.06. The van der Waals surface area contributed by atoms with Gasteiger partial charge >= 0.3 is 0 Å². The SMILES string of the molecule is Cc1ccc(S(=O)(=O)N2C/C=C/C=C/CCCCCCCCO[C@@H]3CCCC[C@H]32)cc1. The first-order chi connectivity index (χ1) is 15.1. The molecule has 1 aromatic rings. The molecule has 1 aliphatic heterocycles. The van der Waals surface area contributed by atoms with Crippen molar-refractivity contribution in [1.29, 1.82) is 0 Å². The van der Waals surface area contributed by atoms with Crippen LogP contribution in [0.1, 0.15) is 76.2 Å². The van der Waals surface area contributed by atoms with E-state index in [9.17, 15) is 8.42 Å². The number of sulfonamides is 1. The van der Waals surface area contributed by atoms with Gasteiger partial charge in [0.1, 0.15) is 0 Å². The summed E-state index contributed by atoms with van der Waals surface area (Å²) in [5.74, 6) is 0. The lowest BCUT2D eigenvalue weighted by Crippen LogP contribution is -2.49. The van der Waals surface area contributed by atoms with E-state index in [2.05, 4.69) is 12.2 Å². The van der Waals surface area contributed by atoms with Crippen LogP contribution in [0.2, 0.25) is 0 Å². The molecular formula is C26H39NO3S. The normalized spacial score (nSPS) is 27.6. The average molecular weight is 446 g/mol. The molecule has 0 saturated heterocycles. The van der Waals surface area contributed by atoms with E-state index in [4.69, 9.17) is 4.74 Å². The van der Waals surface area contributed by atoms with Gasteiger partial charge in [0.15, 0.2) is 0 Å². The summed E-state index contributed by atoms with van der Waals surface area (Å²) in [5, 5.41) is 0. The highest BCUT2D eigenvalue weighted by atomic mass is 32.2. The van der Waals surface area contributed by atoms with E-state index in [1.54, 1.807) is 16.4 Å². The summed E-state index contributed by atoms with van der Waals surface area (Å²) >= 11 is 0. The number of fused-ring (bicyclic) bond motifs is 1. The maximum absolute atomic E-state index is 13.7. The predicted molar refractivity (Wildman–Crippen MR) is 128 cm³/mol. The van der Waals surface area contributed by atoms with Crippen LogP contribution in [-0.2, 0) is 14.8 Å². The maximum Gasteiger partial charge on any atom is 0.243 e. The molecule has 1 aliphatic carbocycles. The molecule has 0 N–H and O–H groups in total. The quantitative estimate of drug-likeness (QED) is 0.547. The zero-order valence-corrected chi connectivity index (χ0v) is 19.9. The van der Waals surface area contributed by atoms with Crippen molar-refractivity contribution < 1.29 is 13.2 Å². The van der Waals surface area contributed by atoms with Crippen LogP contribution in [0.15, 0.2) is 53.5 Å². The fraction of sp³-hybridized carbons (Fsp3) is 0.615. The Hall–Kier alpha value is -1.43. The van der Waals surface area contributed by atoms with E-state index in [0.717, 1.165) is 50.7 Å². The van der Waals surface area contributed by atoms with Gasteiger partial charge < -0.3 is 4.74 Å². The summed E-state index contributed by atoms with van der Waals surface area (Å²) < 4.78 is 35.3. The highest BCUT2D eigenvalue weighted by Crippen LogP contribution is 2.30. The largest absolute Gasteiger partial charge is 0.377 e. The summed E-state index contributed by atoms with van der Waals surface area (Å²) in [4.78, 5) is 0.372. The van der Waals surface area contributed by atoms with Crippen molar-refractivity contribution in [1.82, 2.24) is 4.31 Å². The number of ether oxygens (including phenoxy) is 1. The highest BCUT2D eigenvalue weighted by Gasteiger charge is 2.37. The Morgan fingerprint density at radius 2 is 1.52 bits per heavy atom. The molecule has 0 unspecified atom stereocenters. The molecule has 172 valence electrons. The number of aryl methyl sites for hydroxylation is 1.